The Morgan fingerprint density at radius 1 is 0.971 bits per heavy atom. The Morgan fingerprint density at radius 3 is 1.94 bits per heavy atom. The van der Waals surface area contributed by atoms with Crippen LogP contribution in [0.2, 0.25) is 0 Å². The van der Waals surface area contributed by atoms with Gasteiger partial charge in [0.25, 0.3) is 0 Å². The summed E-state index contributed by atoms with van der Waals surface area (Å²) in [5.41, 5.74) is 4.98. The normalized spacial score (nSPS) is 14.6. The van der Waals surface area contributed by atoms with Gasteiger partial charge in [-0.3, -0.25) is 23.2 Å². The number of nitrogens with two attached hydrogens (primary N) is 1. The summed E-state index contributed by atoms with van der Waals surface area (Å²) < 4.78 is 33.5. The van der Waals surface area contributed by atoms with Crippen LogP contribution in [-0.2, 0) is 37.3 Å². The van der Waals surface area contributed by atoms with E-state index >= 15 is 0 Å². The van der Waals surface area contributed by atoms with Gasteiger partial charge in [-0.1, -0.05) is 26.0 Å². The lowest BCUT2D eigenvalue weighted by Gasteiger charge is -2.26. The standard InChI is InChI=1S/C22H40N3O8P/c1-9-11-30-34(29,31-12-10-2)32-14-18(21(28)33-22(6,7)8)25-19(26)16(5)24-20(27)17(23)13-15(3)4/h9-10,15-18H,1-2,11-14,23H2,3-8H3,(H,24,27)(H,25,26)/t16-,17-,18-/m0/s1. The van der Waals surface area contributed by atoms with E-state index in [1.807, 2.05) is 13.8 Å². The number of hydrogen-bond acceptors (Lipinski definition) is 9. The molecule has 0 unspecified atom stereocenters. The van der Waals surface area contributed by atoms with Crippen molar-refractivity contribution in [2.24, 2.45) is 11.7 Å². The number of amides is 2. The van der Waals surface area contributed by atoms with Crippen LogP contribution in [0.4, 0.5) is 0 Å². The molecule has 0 aliphatic rings. The van der Waals surface area contributed by atoms with Gasteiger partial charge in [0.2, 0.25) is 11.8 Å². The number of phosphoric acid groups is 1. The highest BCUT2D eigenvalue weighted by molar-refractivity contribution is 7.48. The molecule has 3 atom stereocenters. The van der Waals surface area contributed by atoms with Crippen LogP contribution in [0.15, 0.2) is 25.3 Å². The third-order valence-corrected chi connectivity index (χ3v) is 5.32. The predicted molar refractivity (Wildman–Crippen MR) is 129 cm³/mol. The molecule has 11 nitrogen and oxygen atoms in total. The summed E-state index contributed by atoms with van der Waals surface area (Å²) in [6, 6.07) is -3.17. The highest BCUT2D eigenvalue weighted by Gasteiger charge is 2.34. The fourth-order valence-corrected chi connectivity index (χ4v) is 3.54. The molecule has 0 heterocycles. The van der Waals surface area contributed by atoms with Gasteiger partial charge in [-0.05, 0) is 40.0 Å². The second-order valence-electron chi connectivity index (χ2n) is 8.97. The second-order valence-corrected chi connectivity index (χ2v) is 10.6. The highest BCUT2D eigenvalue weighted by Crippen LogP contribution is 2.49. The molecule has 0 aromatic carbocycles. The number of carbonyl (C=O) groups is 3. The molecule has 12 heteroatoms. The smallest absolute Gasteiger partial charge is 0.458 e. The van der Waals surface area contributed by atoms with Crippen LogP contribution in [-0.4, -0.2) is 61.3 Å². The lowest BCUT2D eigenvalue weighted by Crippen LogP contribution is -2.55. The van der Waals surface area contributed by atoms with Crippen molar-refractivity contribution in [3.8, 4) is 0 Å². The van der Waals surface area contributed by atoms with Crippen LogP contribution in [0, 0.1) is 5.92 Å². The van der Waals surface area contributed by atoms with Crippen LogP contribution < -0.4 is 16.4 Å². The molecule has 0 fully saturated rings. The molecule has 4 N–H and O–H groups in total. The predicted octanol–water partition coefficient (Wildman–Crippen LogP) is 2.22. The monoisotopic (exact) mass is 505 g/mol. The molecule has 0 bridgehead atoms. The number of hydrogen-bond donors (Lipinski definition) is 3. The number of nitrogens with one attached hydrogen (secondary N) is 2. The summed E-state index contributed by atoms with van der Waals surface area (Å²) in [5.74, 6) is -1.84. The molecule has 0 aliphatic carbocycles. The van der Waals surface area contributed by atoms with E-state index in [1.165, 1.54) is 19.1 Å². The molecular formula is C22H40N3O8P. The molecular weight excluding hydrogens is 465 g/mol. The maximum atomic E-state index is 12.8. The Morgan fingerprint density at radius 2 is 1.50 bits per heavy atom. The van der Waals surface area contributed by atoms with Gasteiger partial charge in [0.1, 0.15) is 11.6 Å². The van der Waals surface area contributed by atoms with Gasteiger partial charge in [-0.2, -0.15) is 0 Å². The first kappa shape index (κ1) is 32.0. The van der Waals surface area contributed by atoms with Crippen LogP contribution in [0.1, 0.15) is 48.0 Å². The number of phosphoric ester groups is 1. The average Bonchev–Trinajstić information content (AvgIpc) is 2.71. The van der Waals surface area contributed by atoms with Crippen molar-refractivity contribution in [3.63, 3.8) is 0 Å². The summed E-state index contributed by atoms with van der Waals surface area (Å²) >= 11 is 0. The Hall–Kier alpha value is -2.04. The van der Waals surface area contributed by atoms with Crippen molar-refractivity contribution in [1.82, 2.24) is 10.6 Å². The van der Waals surface area contributed by atoms with Gasteiger partial charge in [-0.25, -0.2) is 9.36 Å². The molecule has 0 radical (unpaired) electrons. The largest absolute Gasteiger partial charge is 0.475 e. The first-order valence-electron chi connectivity index (χ1n) is 11.0. The van der Waals surface area contributed by atoms with Crippen molar-refractivity contribution < 1.29 is 37.3 Å². The summed E-state index contributed by atoms with van der Waals surface area (Å²) in [4.78, 5) is 37.6. The van der Waals surface area contributed by atoms with E-state index in [4.69, 9.17) is 24.0 Å². The van der Waals surface area contributed by atoms with Crippen LogP contribution in [0.25, 0.3) is 0 Å². The van der Waals surface area contributed by atoms with Crippen LogP contribution >= 0.6 is 7.82 Å². The molecule has 196 valence electrons. The van der Waals surface area contributed by atoms with Crippen LogP contribution in [0.3, 0.4) is 0 Å². The number of ether oxygens (including phenoxy) is 1. The molecule has 34 heavy (non-hydrogen) atoms. The molecule has 0 saturated carbocycles. The summed E-state index contributed by atoms with van der Waals surface area (Å²) in [7, 11) is -4.10. The van der Waals surface area contributed by atoms with Gasteiger partial charge in [0.15, 0.2) is 6.04 Å². The zero-order valence-corrected chi connectivity index (χ0v) is 21.9. The van der Waals surface area contributed by atoms with E-state index in [9.17, 15) is 18.9 Å². The number of rotatable bonds is 16. The van der Waals surface area contributed by atoms with Gasteiger partial charge >= 0.3 is 13.8 Å². The van der Waals surface area contributed by atoms with E-state index in [1.54, 1.807) is 20.8 Å². The number of esters is 1. The summed E-state index contributed by atoms with van der Waals surface area (Å²) in [6.45, 7) is 16.3. The van der Waals surface area contributed by atoms with Crippen LogP contribution in [0.5, 0.6) is 0 Å². The number of carbonyl (C=O) groups excluding carboxylic acids is 3. The van der Waals surface area contributed by atoms with E-state index in [-0.39, 0.29) is 19.1 Å². The molecule has 0 rings (SSSR count). The van der Waals surface area contributed by atoms with Gasteiger partial charge in [0.05, 0.1) is 25.9 Å². The SMILES string of the molecule is C=CCOP(=O)(OCC=C)OC[C@H](NC(=O)[C@H](C)NC(=O)[C@@H](N)CC(C)C)C(=O)OC(C)(C)C. The maximum absolute atomic E-state index is 12.8. The minimum Gasteiger partial charge on any atom is -0.458 e. The first-order valence-corrected chi connectivity index (χ1v) is 12.4. The van der Waals surface area contributed by atoms with E-state index < -0.39 is 55.9 Å². The maximum Gasteiger partial charge on any atom is 0.475 e. The zero-order valence-electron chi connectivity index (χ0n) is 21.0. The minimum absolute atomic E-state index is 0.141. The molecule has 0 saturated heterocycles. The lowest BCUT2D eigenvalue weighted by atomic mass is 10.0. The summed E-state index contributed by atoms with van der Waals surface area (Å²) in [5, 5.41) is 4.95. The molecule has 0 aromatic rings. The molecule has 0 aromatic heterocycles. The summed E-state index contributed by atoms with van der Waals surface area (Å²) in [6.07, 6.45) is 3.13. The van der Waals surface area contributed by atoms with Gasteiger partial charge in [-0.15, -0.1) is 13.2 Å². The third kappa shape index (κ3) is 13.6. The van der Waals surface area contributed by atoms with Crippen molar-refractivity contribution in [1.29, 1.82) is 0 Å². The van der Waals surface area contributed by atoms with Crippen molar-refractivity contribution >= 4 is 25.6 Å². The quantitative estimate of drug-likeness (QED) is 0.163. The fourth-order valence-electron chi connectivity index (χ4n) is 2.40. The topological polar surface area (TPSA) is 155 Å². The Kier molecular flexibility index (Phi) is 14.2. The first-order chi connectivity index (χ1) is 15.6. The molecule has 2 amide bonds. The molecule has 0 spiro atoms. The Balaban J connectivity index is 5.41. The molecule has 0 aliphatic heterocycles. The zero-order chi connectivity index (χ0) is 26.5. The van der Waals surface area contributed by atoms with E-state index in [0.717, 1.165) is 0 Å². The average molecular weight is 506 g/mol. The Labute approximate surface area is 202 Å². The second kappa shape index (κ2) is 15.1. The van der Waals surface area contributed by atoms with E-state index in [2.05, 4.69) is 23.8 Å². The third-order valence-electron chi connectivity index (χ3n) is 3.92. The van der Waals surface area contributed by atoms with Gasteiger partial charge in [0, 0.05) is 0 Å². The highest BCUT2D eigenvalue weighted by atomic mass is 31.2. The van der Waals surface area contributed by atoms with Crippen molar-refractivity contribution in [3.05, 3.63) is 25.3 Å². The van der Waals surface area contributed by atoms with Crippen molar-refractivity contribution in [2.45, 2.75) is 71.7 Å². The fraction of sp³-hybridized carbons (Fsp3) is 0.682. The van der Waals surface area contributed by atoms with Gasteiger partial charge < -0.3 is 21.1 Å². The van der Waals surface area contributed by atoms with Crippen molar-refractivity contribution in [2.75, 3.05) is 19.8 Å². The Bertz CT molecular complexity index is 735. The lowest BCUT2D eigenvalue weighted by molar-refractivity contribution is -0.159. The minimum atomic E-state index is -4.10. The van der Waals surface area contributed by atoms with E-state index in [0.29, 0.717) is 6.42 Å².